The van der Waals surface area contributed by atoms with Crippen LogP contribution in [0.1, 0.15) is 18.4 Å². The summed E-state index contributed by atoms with van der Waals surface area (Å²) in [7, 11) is 0. The first kappa shape index (κ1) is 25.1. The van der Waals surface area contributed by atoms with Crippen LogP contribution in [0.25, 0.3) is 11.1 Å². The molecule has 32 heavy (non-hydrogen) atoms. The zero-order chi connectivity index (χ0) is 24.1. The number of carbonyl (C=O) groups is 3. The number of amides is 1. The molecule has 0 saturated carbocycles. The molecule has 0 aliphatic heterocycles. The summed E-state index contributed by atoms with van der Waals surface area (Å²) in [6, 6.07) is 12.3. The minimum atomic E-state index is -5.63. The molecule has 0 bridgehead atoms. The normalized spacial score (nSPS) is 12.8. The van der Waals surface area contributed by atoms with Crippen LogP contribution in [-0.2, 0) is 20.8 Å². The second-order valence-electron chi connectivity index (χ2n) is 6.97. The standard InChI is InChI=1S/C21H18ClF4NO5/c22-15-3-1-2-14(11-15)13-6-4-12(5-7-13)10-16(8-9-17(28)29)27-18(30)20(23,24)21(25,26)19(31)32/h1-7,11,16H,8-10H2,(H,27,30)(H,28,29)(H,31,32). The maximum atomic E-state index is 13.7. The van der Waals surface area contributed by atoms with Crippen LogP contribution in [0.15, 0.2) is 48.5 Å². The third-order valence-electron chi connectivity index (χ3n) is 4.58. The molecule has 2 aromatic rings. The number of carboxylic acids is 2. The van der Waals surface area contributed by atoms with Crippen molar-refractivity contribution in [1.29, 1.82) is 0 Å². The van der Waals surface area contributed by atoms with E-state index in [0.29, 0.717) is 10.6 Å². The number of alkyl halides is 4. The van der Waals surface area contributed by atoms with Crippen molar-refractivity contribution in [2.45, 2.75) is 37.1 Å². The van der Waals surface area contributed by atoms with Gasteiger partial charge in [0.25, 0.3) is 5.91 Å². The van der Waals surface area contributed by atoms with Gasteiger partial charge >= 0.3 is 23.8 Å². The zero-order valence-electron chi connectivity index (χ0n) is 16.3. The molecule has 11 heteroatoms. The van der Waals surface area contributed by atoms with Crippen LogP contribution in [0.2, 0.25) is 5.02 Å². The lowest BCUT2D eigenvalue weighted by atomic mass is 9.98. The molecular weight excluding hydrogens is 458 g/mol. The molecule has 0 saturated heterocycles. The maximum Gasteiger partial charge on any atom is 0.413 e. The van der Waals surface area contributed by atoms with E-state index in [1.165, 1.54) is 0 Å². The lowest BCUT2D eigenvalue weighted by Gasteiger charge is -2.25. The Balaban J connectivity index is 2.19. The molecule has 0 heterocycles. The first-order valence-corrected chi connectivity index (χ1v) is 9.59. The molecule has 172 valence electrons. The van der Waals surface area contributed by atoms with E-state index in [0.717, 1.165) is 11.1 Å². The topological polar surface area (TPSA) is 104 Å². The first-order valence-electron chi connectivity index (χ1n) is 9.21. The van der Waals surface area contributed by atoms with E-state index >= 15 is 0 Å². The van der Waals surface area contributed by atoms with Gasteiger partial charge in [0, 0.05) is 17.5 Å². The fourth-order valence-electron chi connectivity index (χ4n) is 2.86. The highest BCUT2D eigenvalue weighted by molar-refractivity contribution is 6.30. The van der Waals surface area contributed by atoms with Crippen LogP contribution < -0.4 is 5.32 Å². The Kier molecular flexibility index (Phi) is 7.84. The van der Waals surface area contributed by atoms with Gasteiger partial charge in [-0.2, -0.15) is 17.6 Å². The van der Waals surface area contributed by atoms with Crippen molar-refractivity contribution in [2.75, 3.05) is 0 Å². The van der Waals surface area contributed by atoms with Crippen molar-refractivity contribution in [1.82, 2.24) is 5.32 Å². The number of benzene rings is 2. The van der Waals surface area contributed by atoms with Gasteiger partial charge in [0.05, 0.1) is 0 Å². The summed E-state index contributed by atoms with van der Waals surface area (Å²) in [6.45, 7) is 0. The molecule has 0 aliphatic carbocycles. The SMILES string of the molecule is O=C(O)CCC(Cc1ccc(-c2cccc(Cl)c2)cc1)NC(=O)C(F)(F)C(F)(F)C(=O)O. The van der Waals surface area contributed by atoms with E-state index in [1.807, 2.05) is 6.07 Å². The van der Waals surface area contributed by atoms with Gasteiger partial charge in [0.2, 0.25) is 0 Å². The summed E-state index contributed by atoms with van der Waals surface area (Å²) in [5.41, 5.74) is 2.07. The number of halogens is 5. The lowest BCUT2D eigenvalue weighted by molar-refractivity contribution is -0.222. The molecule has 2 rings (SSSR count). The second-order valence-corrected chi connectivity index (χ2v) is 7.40. The summed E-state index contributed by atoms with van der Waals surface area (Å²) < 4.78 is 54.1. The molecule has 6 nitrogen and oxygen atoms in total. The molecule has 2 aromatic carbocycles. The minimum Gasteiger partial charge on any atom is -0.481 e. The van der Waals surface area contributed by atoms with Crippen LogP contribution in [0.5, 0.6) is 0 Å². The quantitative estimate of drug-likeness (QED) is 0.446. The third kappa shape index (κ3) is 5.97. The number of hydrogen-bond acceptors (Lipinski definition) is 3. The zero-order valence-corrected chi connectivity index (χ0v) is 17.1. The number of nitrogens with one attached hydrogen (secondary N) is 1. The molecule has 0 spiro atoms. The Morgan fingerprint density at radius 2 is 1.56 bits per heavy atom. The third-order valence-corrected chi connectivity index (χ3v) is 4.82. The lowest BCUT2D eigenvalue weighted by Crippen LogP contribution is -2.58. The molecular formula is C21H18ClF4NO5. The average Bonchev–Trinajstić information content (AvgIpc) is 2.72. The largest absolute Gasteiger partial charge is 0.481 e. The van der Waals surface area contributed by atoms with Gasteiger partial charge in [-0.3, -0.25) is 9.59 Å². The van der Waals surface area contributed by atoms with Crippen molar-refractivity contribution in [2.24, 2.45) is 0 Å². The number of hydrogen-bond donors (Lipinski definition) is 3. The monoisotopic (exact) mass is 475 g/mol. The highest BCUT2D eigenvalue weighted by atomic mass is 35.5. The molecule has 1 amide bonds. The van der Waals surface area contributed by atoms with E-state index in [1.54, 1.807) is 47.8 Å². The molecule has 0 aromatic heterocycles. The van der Waals surface area contributed by atoms with Gasteiger partial charge in [-0.1, -0.05) is 48.0 Å². The minimum absolute atomic E-state index is 0.149. The average molecular weight is 476 g/mol. The predicted molar refractivity (Wildman–Crippen MR) is 107 cm³/mol. The van der Waals surface area contributed by atoms with E-state index in [-0.39, 0.29) is 12.8 Å². The summed E-state index contributed by atoms with van der Waals surface area (Å²) in [5.74, 6) is -18.1. The number of carbonyl (C=O) groups excluding carboxylic acids is 1. The second kappa shape index (κ2) is 9.99. The predicted octanol–water partition coefficient (Wildman–Crippen LogP) is 4.25. The molecule has 0 fully saturated rings. The van der Waals surface area contributed by atoms with E-state index in [4.69, 9.17) is 21.8 Å². The van der Waals surface area contributed by atoms with E-state index in [9.17, 15) is 31.9 Å². The number of carboxylic acid groups (broad SMARTS) is 2. The first-order chi connectivity index (χ1) is 14.8. The van der Waals surface area contributed by atoms with Crippen molar-refractivity contribution in [3.8, 4) is 11.1 Å². The number of rotatable bonds is 10. The molecule has 0 radical (unpaired) electrons. The summed E-state index contributed by atoms with van der Waals surface area (Å²) >= 11 is 5.95. The highest BCUT2D eigenvalue weighted by Gasteiger charge is 2.67. The van der Waals surface area contributed by atoms with E-state index in [2.05, 4.69) is 0 Å². The van der Waals surface area contributed by atoms with Crippen molar-refractivity contribution >= 4 is 29.4 Å². The molecule has 1 unspecified atom stereocenters. The van der Waals surface area contributed by atoms with Crippen molar-refractivity contribution in [3.63, 3.8) is 0 Å². The van der Waals surface area contributed by atoms with Crippen molar-refractivity contribution < 1.29 is 42.2 Å². The molecule has 3 N–H and O–H groups in total. The van der Waals surface area contributed by atoms with Gasteiger partial charge in [-0.15, -0.1) is 0 Å². The van der Waals surface area contributed by atoms with Crippen LogP contribution in [0.3, 0.4) is 0 Å². The fourth-order valence-corrected chi connectivity index (χ4v) is 3.05. The Morgan fingerprint density at radius 3 is 2.09 bits per heavy atom. The van der Waals surface area contributed by atoms with Crippen LogP contribution >= 0.6 is 11.6 Å². The smallest absolute Gasteiger partial charge is 0.413 e. The van der Waals surface area contributed by atoms with Crippen molar-refractivity contribution in [3.05, 3.63) is 59.1 Å². The Hall–Kier alpha value is -3.14. The fraction of sp³-hybridized carbons (Fsp3) is 0.286. The van der Waals surface area contributed by atoms with Gasteiger partial charge in [0.15, 0.2) is 0 Å². The van der Waals surface area contributed by atoms with Crippen LogP contribution in [0.4, 0.5) is 17.6 Å². The Labute approximate surface area is 184 Å². The van der Waals surface area contributed by atoms with Gasteiger partial charge in [0.1, 0.15) is 0 Å². The summed E-state index contributed by atoms with van der Waals surface area (Å²) in [5, 5.41) is 19.3. The number of aliphatic carboxylic acids is 2. The maximum absolute atomic E-state index is 13.7. The molecule has 0 aliphatic rings. The van der Waals surface area contributed by atoms with Gasteiger partial charge < -0.3 is 15.5 Å². The van der Waals surface area contributed by atoms with Gasteiger partial charge in [-0.25, -0.2) is 4.79 Å². The summed E-state index contributed by atoms with van der Waals surface area (Å²) in [4.78, 5) is 33.1. The van der Waals surface area contributed by atoms with Gasteiger partial charge in [-0.05, 0) is 41.7 Å². The Bertz CT molecular complexity index is 998. The molecule has 1 atom stereocenters. The highest BCUT2D eigenvalue weighted by Crippen LogP contribution is 2.35. The van der Waals surface area contributed by atoms with Crippen LogP contribution in [0, 0.1) is 0 Å². The summed E-state index contributed by atoms with van der Waals surface area (Å²) in [6.07, 6.45) is -1.03. The van der Waals surface area contributed by atoms with E-state index < -0.39 is 42.2 Å². The Morgan fingerprint density at radius 1 is 0.938 bits per heavy atom. The van der Waals surface area contributed by atoms with Crippen LogP contribution in [-0.4, -0.2) is 45.9 Å².